The minimum absolute atomic E-state index is 0.133. The van der Waals surface area contributed by atoms with Gasteiger partial charge in [-0.25, -0.2) is 19.9 Å². The zero-order chi connectivity index (χ0) is 73.3. The fourth-order valence-electron chi connectivity index (χ4n) is 16.7. The maximum absolute atomic E-state index is 6.09. The van der Waals surface area contributed by atoms with Crippen LogP contribution < -0.4 is 0 Å². The van der Waals surface area contributed by atoms with Gasteiger partial charge in [-0.1, -0.05) is 210 Å². The molecule has 0 bridgehead atoms. The molecule has 20 aromatic rings. The Hall–Kier alpha value is -14.1. The Balaban J connectivity index is 0.000000140. The molecule has 22 rings (SSSR count). The predicted molar refractivity (Wildman–Crippen MR) is 448 cm³/mol. The van der Waals surface area contributed by atoms with Crippen molar-refractivity contribution in [2.75, 3.05) is 0 Å². The Bertz CT molecular complexity index is 6660. The van der Waals surface area contributed by atoms with E-state index in [-0.39, 0.29) is 10.8 Å². The molecule has 16 aromatic carbocycles. The highest BCUT2D eigenvalue weighted by Gasteiger charge is 2.38. The van der Waals surface area contributed by atoms with Crippen LogP contribution in [0.1, 0.15) is 49.9 Å². The molecule has 0 atom stereocenters. The van der Waals surface area contributed by atoms with E-state index in [9.17, 15) is 0 Å². The Morgan fingerprint density at radius 3 is 0.882 bits per heavy atom. The Labute approximate surface area is 635 Å². The highest BCUT2D eigenvalue weighted by molar-refractivity contribution is 6.03. The van der Waals surface area contributed by atoms with E-state index in [0.717, 1.165) is 117 Å². The number of para-hydroxylation sites is 8. The molecule has 2 aliphatic carbocycles. The van der Waals surface area contributed by atoms with Gasteiger partial charge in [-0.3, -0.25) is 0 Å². The lowest BCUT2D eigenvalue weighted by Gasteiger charge is -2.22. The normalized spacial score (nSPS) is 13.1. The van der Waals surface area contributed by atoms with Crippen LogP contribution in [-0.4, -0.2) is 19.9 Å². The summed E-state index contributed by atoms with van der Waals surface area (Å²) in [5, 5.41) is 5.14. The summed E-state index contributed by atoms with van der Waals surface area (Å²) in [4.78, 5) is 18.9. The van der Waals surface area contributed by atoms with Crippen molar-refractivity contribution in [1.29, 1.82) is 0 Å². The van der Waals surface area contributed by atoms with E-state index in [1.165, 1.54) is 82.7 Å². The van der Waals surface area contributed by atoms with Gasteiger partial charge in [0.05, 0.1) is 0 Å². The summed E-state index contributed by atoms with van der Waals surface area (Å²) >= 11 is 0. The highest BCUT2D eigenvalue weighted by atomic mass is 16.4. The first-order chi connectivity index (χ1) is 53.9. The van der Waals surface area contributed by atoms with Gasteiger partial charge in [0, 0.05) is 33.1 Å². The number of oxazole rings is 4. The Kier molecular flexibility index (Phi) is 14.8. The Morgan fingerprint density at radius 2 is 0.491 bits per heavy atom. The number of nitrogens with zero attached hydrogens (tertiary/aromatic N) is 4. The van der Waals surface area contributed by atoms with E-state index in [2.05, 4.69) is 270 Å². The summed E-state index contributed by atoms with van der Waals surface area (Å²) in [6.07, 6.45) is 0. The van der Waals surface area contributed by atoms with E-state index in [1.807, 2.05) is 97.1 Å². The molecule has 0 fully saturated rings. The van der Waals surface area contributed by atoms with Gasteiger partial charge in [0.2, 0.25) is 23.6 Å². The van der Waals surface area contributed by atoms with Crippen molar-refractivity contribution in [3.05, 3.63) is 362 Å². The monoisotopic (exact) mass is 1410 g/mol. The minimum atomic E-state index is -0.133. The molecule has 8 heteroatoms. The smallest absolute Gasteiger partial charge is 0.227 e. The van der Waals surface area contributed by atoms with Crippen molar-refractivity contribution in [2.24, 2.45) is 0 Å². The van der Waals surface area contributed by atoms with Crippen LogP contribution in [0.25, 0.3) is 201 Å². The molecule has 110 heavy (non-hydrogen) atoms. The number of hydrogen-bond acceptors (Lipinski definition) is 8. The van der Waals surface area contributed by atoms with Gasteiger partial charge in [0.1, 0.15) is 22.1 Å². The standard InChI is InChI=1S/2C51H34N2O2/c1-51(2)42-26-24-33-9-3-4-10-40(33)48(42)41-25-23-36(30-43(41)51)39-28-37(31-15-19-34(20-16-31)49-52-44-11-5-7-13-46(44)54-49)27-38(29-39)32-17-21-35(22-18-32)50-53-45-12-6-8-14-47(45)55-50;1-51(2)43-30-37(23-24-41(43)42-28-35-9-3-4-10-36(35)29-44(42)51)40-26-38(31-15-19-33(20-16-31)49-52-45-11-5-7-13-47(45)54-49)25-39(27-40)32-17-21-34(22-18-32)50-53-46-12-6-8-14-48(46)55-50/h2*3-30H,1-2H3. The summed E-state index contributed by atoms with van der Waals surface area (Å²) in [7, 11) is 0. The molecular weight excluding hydrogens is 1350 g/mol. The van der Waals surface area contributed by atoms with Crippen molar-refractivity contribution >= 4 is 65.9 Å². The summed E-state index contributed by atoms with van der Waals surface area (Å²) in [6, 6.07) is 120. The summed E-state index contributed by atoms with van der Waals surface area (Å²) in [5.74, 6) is 2.48. The molecule has 0 radical (unpaired) electrons. The molecule has 4 aromatic heterocycles. The predicted octanol–water partition coefficient (Wildman–Crippen LogP) is 27.5. The maximum atomic E-state index is 6.09. The molecule has 0 spiro atoms. The van der Waals surface area contributed by atoms with Crippen LogP contribution >= 0.6 is 0 Å². The quantitative estimate of drug-likeness (QED) is 0.133. The average Bonchev–Trinajstić information content (AvgIpc) is 1.56. The fraction of sp³-hybridized carbons (Fsp3) is 0.0588. The van der Waals surface area contributed by atoms with Crippen molar-refractivity contribution in [3.63, 3.8) is 0 Å². The summed E-state index contributed by atoms with van der Waals surface area (Å²) < 4.78 is 24.4. The number of hydrogen-bond donors (Lipinski definition) is 0. The first-order valence-corrected chi connectivity index (χ1v) is 37.4. The van der Waals surface area contributed by atoms with Gasteiger partial charge < -0.3 is 17.7 Å². The fourth-order valence-corrected chi connectivity index (χ4v) is 16.7. The van der Waals surface area contributed by atoms with Crippen LogP contribution in [0.5, 0.6) is 0 Å². The highest BCUT2D eigenvalue weighted by Crippen LogP contribution is 2.54. The van der Waals surface area contributed by atoms with Crippen molar-refractivity contribution < 1.29 is 17.7 Å². The van der Waals surface area contributed by atoms with Crippen LogP contribution in [0.3, 0.4) is 0 Å². The first kappa shape index (κ1) is 64.3. The lowest BCUT2D eigenvalue weighted by molar-refractivity contribution is 0.619. The average molecular weight is 1410 g/mol. The molecule has 0 saturated heterocycles. The minimum Gasteiger partial charge on any atom is -0.436 e. The van der Waals surface area contributed by atoms with Gasteiger partial charge in [-0.2, -0.15) is 0 Å². The second kappa shape index (κ2) is 25.3. The van der Waals surface area contributed by atoms with Gasteiger partial charge in [-0.15, -0.1) is 0 Å². The molecule has 520 valence electrons. The zero-order valence-corrected chi connectivity index (χ0v) is 60.8. The molecule has 8 nitrogen and oxygen atoms in total. The molecule has 0 aliphatic heterocycles. The van der Waals surface area contributed by atoms with E-state index in [0.29, 0.717) is 23.6 Å². The van der Waals surface area contributed by atoms with Crippen LogP contribution in [0, 0.1) is 0 Å². The van der Waals surface area contributed by atoms with Crippen molar-refractivity contribution in [3.8, 4) is 135 Å². The van der Waals surface area contributed by atoms with Crippen LogP contribution in [0.2, 0.25) is 0 Å². The third kappa shape index (κ3) is 11.0. The lowest BCUT2D eigenvalue weighted by atomic mass is 9.81. The largest absolute Gasteiger partial charge is 0.436 e. The second-order valence-electron chi connectivity index (χ2n) is 30.1. The third-order valence-corrected chi connectivity index (χ3v) is 22.7. The number of rotatable bonds is 10. The van der Waals surface area contributed by atoms with Gasteiger partial charge >= 0.3 is 0 Å². The van der Waals surface area contributed by atoms with Crippen molar-refractivity contribution in [2.45, 2.75) is 38.5 Å². The van der Waals surface area contributed by atoms with E-state index in [4.69, 9.17) is 37.6 Å². The zero-order valence-electron chi connectivity index (χ0n) is 60.8. The van der Waals surface area contributed by atoms with Crippen molar-refractivity contribution in [1.82, 2.24) is 19.9 Å². The Morgan fingerprint density at radius 1 is 0.200 bits per heavy atom. The van der Waals surface area contributed by atoms with Gasteiger partial charge in [-0.05, 0) is 291 Å². The number of fused-ring (bicyclic) bond motifs is 13. The first-order valence-electron chi connectivity index (χ1n) is 37.4. The number of benzene rings is 16. The molecule has 4 heterocycles. The molecule has 0 amide bonds. The molecular formula is C102H68N4O4. The summed E-state index contributed by atoms with van der Waals surface area (Å²) in [5.41, 5.74) is 34.6. The van der Waals surface area contributed by atoms with E-state index in [1.54, 1.807) is 0 Å². The van der Waals surface area contributed by atoms with Gasteiger partial charge in [0.15, 0.2) is 22.3 Å². The molecule has 0 saturated carbocycles. The summed E-state index contributed by atoms with van der Waals surface area (Å²) in [6.45, 7) is 9.42. The van der Waals surface area contributed by atoms with Crippen LogP contribution in [0.15, 0.2) is 357 Å². The third-order valence-electron chi connectivity index (χ3n) is 22.7. The van der Waals surface area contributed by atoms with Crippen LogP contribution in [0.4, 0.5) is 0 Å². The lowest BCUT2D eigenvalue weighted by Crippen LogP contribution is -2.15. The van der Waals surface area contributed by atoms with E-state index >= 15 is 0 Å². The van der Waals surface area contributed by atoms with Gasteiger partial charge in [0.25, 0.3) is 0 Å². The SMILES string of the molecule is CC1(C)c2cc(-c3cc(-c4ccc(-c5nc6ccccc6o5)cc4)cc(-c4ccc(-c5nc6ccccc6o5)cc4)c3)ccc2-c2c1ccc1ccccc21.CC1(C)c2cc(-c3cc(-c4ccc(-c5nc6ccccc6o5)cc4)cc(-c4ccc(-c5nc6ccccc6o5)cc4)c3)ccc2-c2cc3ccccc3cc21. The molecule has 0 unspecified atom stereocenters. The topological polar surface area (TPSA) is 104 Å². The second-order valence-corrected chi connectivity index (χ2v) is 30.1. The van der Waals surface area contributed by atoms with E-state index < -0.39 is 0 Å². The maximum Gasteiger partial charge on any atom is 0.227 e. The number of aromatic nitrogens is 4. The molecule has 0 N–H and O–H groups in total. The molecule has 2 aliphatic rings. The van der Waals surface area contributed by atoms with Crippen LogP contribution in [-0.2, 0) is 10.8 Å².